The Bertz CT molecular complexity index is 816. The molecule has 0 aliphatic heterocycles. The van der Waals surface area contributed by atoms with Crippen molar-refractivity contribution in [1.82, 2.24) is 9.97 Å². The zero-order valence-electron chi connectivity index (χ0n) is 11.5. The highest BCUT2D eigenvalue weighted by atomic mass is 19.4. The van der Waals surface area contributed by atoms with Crippen molar-refractivity contribution in [2.24, 2.45) is 0 Å². The van der Waals surface area contributed by atoms with Crippen LogP contribution in [0.15, 0.2) is 36.4 Å². The molecule has 21 heavy (non-hydrogen) atoms. The van der Waals surface area contributed by atoms with E-state index in [1.54, 1.807) is 0 Å². The van der Waals surface area contributed by atoms with Crippen LogP contribution in [0.2, 0.25) is 0 Å². The summed E-state index contributed by atoms with van der Waals surface area (Å²) in [6, 6.07) is 9.47. The molecule has 0 aliphatic rings. The predicted octanol–water partition coefficient (Wildman–Crippen LogP) is 4.87. The van der Waals surface area contributed by atoms with Crippen LogP contribution in [-0.2, 0) is 6.18 Å². The summed E-state index contributed by atoms with van der Waals surface area (Å²) in [7, 11) is 0. The minimum atomic E-state index is -4.35. The first-order valence-electron chi connectivity index (χ1n) is 6.49. The third-order valence-corrected chi connectivity index (χ3v) is 3.46. The number of nitrogens with zero attached hydrogens (tertiary/aromatic N) is 1. The molecule has 0 amide bonds. The van der Waals surface area contributed by atoms with Gasteiger partial charge >= 0.3 is 6.18 Å². The topological polar surface area (TPSA) is 28.7 Å². The lowest BCUT2D eigenvalue weighted by atomic mass is 10.1. The van der Waals surface area contributed by atoms with E-state index >= 15 is 0 Å². The summed E-state index contributed by atoms with van der Waals surface area (Å²) in [5.74, 6) is 0.588. The summed E-state index contributed by atoms with van der Waals surface area (Å²) in [5.41, 5.74) is 3.24. The number of aryl methyl sites for hydroxylation is 2. The number of alkyl halides is 3. The van der Waals surface area contributed by atoms with Crippen LogP contribution in [-0.4, -0.2) is 9.97 Å². The van der Waals surface area contributed by atoms with Crippen molar-refractivity contribution in [2.75, 3.05) is 0 Å². The van der Waals surface area contributed by atoms with Crippen molar-refractivity contribution in [3.63, 3.8) is 0 Å². The lowest BCUT2D eigenvalue weighted by molar-refractivity contribution is -0.137. The van der Waals surface area contributed by atoms with E-state index < -0.39 is 11.7 Å². The second-order valence-electron chi connectivity index (χ2n) is 5.13. The summed E-state index contributed by atoms with van der Waals surface area (Å²) in [6.07, 6.45) is -4.35. The molecule has 0 saturated heterocycles. The minimum Gasteiger partial charge on any atom is -0.338 e. The Labute approximate surface area is 119 Å². The van der Waals surface area contributed by atoms with Gasteiger partial charge in [0.25, 0.3) is 0 Å². The molecule has 0 aliphatic carbocycles. The summed E-state index contributed by atoms with van der Waals surface area (Å²) < 4.78 is 38.2. The van der Waals surface area contributed by atoms with Gasteiger partial charge in [0.1, 0.15) is 5.82 Å². The largest absolute Gasteiger partial charge is 0.416 e. The maximum Gasteiger partial charge on any atom is 0.416 e. The van der Waals surface area contributed by atoms with E-state index in [-0.39, 0.29) is 0 Å². The Hall–Kier alpha value is -2.30. The Morgan fingerprint density at radius 2 is 1.76 bits per heavy atom. The van der Waals surface area contributed by atoms with E-state index in [2.05, 4.69) is 9.97 Å². The average molecular weight is 290 g/mol. The van der Waals surface area contributed by atoms with Gasteiger partial charge in [0.15, 0.2) is 0 Å². The molecule has 2 aromatic carbocycles. The molecule has 0 saturated carbocycles. The number of H-pyrrole nitrogens is 1. The van der Waals surface area contributed by atoms with E-state index in [9.17, 15) is 13.2 Å². The van der Waals surface area contributed by atoms with E-state index in [0.717, 1.165) is 28.8 Å². The molecule has 108 valence electrons. The van der Waals surface area contributed by atoms with E-state index in [1.165, 1.54) is 6.07 Å². The van der Waals surface area contributed by atoms with Gasteiger partial charge in [0.2, 0.25) is 0 Å². The molecule has 0 fully saturated rings. The lowest BCUT2D eigenvalue weighted by Crippen LogP contribution is -2.04. The Kier molecular flexibility index (Phi) is 3.01. The molecular formula is C16H13F3N2. The van der Waals surface area contributed by atoms with Crippen molar-refractivity contribution >= 4 is 11.0 Å². The number of imidazole rings is 1. The van der Waals surface area contributed by atoms with Gasteiger partial charge in [-0.2, -0.15) is 13.2 Å². The Morgan fingerprint density at radius 3 is 2.48 bits per heavy atom. The van der Waals surface area contributed by atoms with Gasteiger partial charge in [0, 0.05) is 5.56 Å². The molecule has 0 radical (unpaired) electrons. The molecular weight excluding hydrogens is 277 g/mol. The van der Waals surface area contributed by atoms with Crippen LogP contribution in [0, 0.1) is 13.8 Å². The molecule has 2 nitrogen and oxygen atoms in total. The van der Waals surface area contributed by atoms with E-state index in [1.807, 2.05) is 32.0 Å². The number of hydrogen-bond donors (Lipinski definition) is 1. The smallest absolute Gasteiger partial charge is 0.338 e. The first kappa shape index (κ1) is 13.7. The number of rotatable bonds is 1. The molecule has 5 heteroatoms. The number of hydrogen-bond acceptors (Lipinski definition) is 1. The predicted molar refractivity (Wildman–Crippen MR) is 76.0 cm³/mol. The van der Waals surface area contributed by atoms with Gasteiger partial charge in [0.05, 0.1) is 16.6 Å². The Morgan fingerprint density at radius 1 is 1.00 bits per heavy atom. The molecule has 3 aromatic rings. The van der Waals surface area contributed by atoms with Crippen molar-refractivity contribution in [2.45, 2.75) is 20.0 Å². The molecule has 3 rings (SSSR count). The van der Waals surface area contributed by atoms with Crippen LogP contribution in [0.3, 0.4) is 0 Å². The van der Waals surface area contributed by atoms with Gasteiger partial charge in [-0.15, -0.1) is 0 Å². The minimum absolute atomic E-state index is 0.390. The third kappa shape index (κ3) is 2.51. The molecule has 0 unspecified atom stereocenters. The molecule has 1 heterocycles. The number of fused-ring (bicyclic) bond motifs is 1. The van der Waals surface area contributed by atoms with Crippen molar-refractivity contribution in [3.8, 4) is 11.4 Å². The molecule has 1 N–H and O–H groups in total. The summed E-state index contributed by atoms with van der Waals surface area (Å²) in [6.45, 7) is 3.91. The maximum atomic E-state index is 12.7. The van der Waals surface area contributed by atoms with Crippen molar-refractivity contribution in [1.29, 1.82) is 0 Å². The van der Waals surface area contributed by atoms with Crippen LogP contribution < -0.4 is 0 Å². The number of benzene rings is 2. The first-order valence-corrected chi connectivity index (χ1v) is 6.49. The Balaban J connectivity index is 2.15. The standard InChI is InChI=1S/C16H13F3N2/c1-9-3-4-10(2)12(7-9)15-20-13-6-5-11(16(17,18)19)8-14(13)21-15/h3-8H,1-2H3,(H,20,21). The lowest BCUT2D eigenvalue weighted by Gasteiger charge is -2.05. The summed E-state index contributed by atoms with van der Waals surface area (Å²) in [4.78, 5) is 7.37. The number of aromatic nitrogens is 2. The highest BCUT2D eigenvalue weighted by molar-refractivity contribution is 5.80. The van der Waals surface area contributed by atoms with Gasteiger partial charge in [-0.1, -0.05) is 17.7 Å². The molecule has 1 aromatic heterocycles. The first-order chi connectivity index (χ1) is 9.84. The quantitative estimate of drug-likeness (QED) is 0.681. The fraction of sp³-hybridized carbons (Fsp3) is 0.188. The van der Waals surface area contributed by atoms with Gasteiger partial charge in [-0.25, -0.2) is 4.98 Å². The number of aromatic amines is 1. The highest BCUT2D eigenvalue weighted by Gasteiger charge is 2.30. The number of nitrogens with one attached hydrogen (secondary N) is 1. The SMILES string of the molecule is Cc1ccc(C)c(-c2nc3ccc(C(F)(F)F)cc3[nH]2)c1. The van der Waals surface area contributed by atoms with Gasteiger partial charge in [-0.3, -0.25) is 0 Å². The molecule has 0 atom stereocenters. The number of halogens is 3. The highest BCUT2D eigenvalue weighted by Crippen LogP contribution is 2.32. The van der Waals surface area contributed by atoms with Crippen LogP contribution >= 0.6 is 0 Å². The van der Waals surface area contributed by atoms with Crippen LogP contribution in [0.4, 0.5) is 13.2 Å². The zero-order chi connectivity index (χ0) is 15.2. The van der Waals surface area contributed by atoms with Crippen LogP contribution in [0.1, 0.15) is 16.7 Å². The molecule has 0 spiro atoms. The van der Waals surface area contributed by atoms with E-state index in [0.29, 0.717) is 16.9 Å². The summed E-state index contributed by atoms with van der Waals surface area (Å²) in [5, 5.41) is 0. The van der Waals surface area contributed by atoms with Crippen molar-refractivity contribution in [3.05, 3.63) is 53.1 Å². The zero-order valence-corrected chi connectivity index (χ0v) is 11.5. The average Bonchev–Trinajstić information content (AvgIpc) is 2.83. The van der Waals surface area contributed by atoms with Crippen molar-refractivity contribution < 1.29 is 13.2 Å². The maximum absolute atomic E-state index is 12.7. The van der Waals surface area contributed by atoms with Gasteiger partial charge in [-0.05, 0) is 43.7 Å². The van der Waals surface area contributed by atoms with Gasteiger partial charge < -0.3 is 4.98 Å². The second kappa shape index (κ2) is 4.62. The fourth-order valence-corrected chi connectivity index (χ4v) is 2.30. The monoisotopic (exact) mass is 290 g/mol. The normalized spacial score (nSPS) is 12.0. The van der Waals surface area contributed by atoms with Crippen LogP contribution in [0.5, 0.6) is 0 Å². The third-order valence-electron chi connectivity index (χ3n) is 3.46. The second-order valence-corrected chi connectivity index (χ2v) is 5.13. The molecule has 0 bridgehead atoms. The summed E-state index contributed by atoms with van der Waals surface area (Å²) >= 11 is 0. The van der Waals surface area contributed by atoms with Crippen LogP contribution in [0.25, 0.3) is 22.4 Å². The van der Waals surface area contributed by atoms with E-state index in [4.69, 9.17) is 0 Å². The fourth-order valence-electron chi connectivity index (χ4n) is 2.30.